The van der Waals surface area contributed by atoms with Gasteiger partial charge in [-0.05, 0) is 46.2 Å². The Kier molecular flexibility index (Phi) is 5.31. The van der Waals surface area contributed by atoms with Gasteiger partial charge in [0.1, 0.15) is 0 Å². The summed E-state index contributed by atoms with van der Waals surface area (Å²) in [5.74, 6) is 2.17. The number of nitrogen functional groups attached to an aromatic ring is 1. The van der Waals surface area contributed by atoms with Crippen LogP contribution in [-0.2, 0) is 13.0 Å². The molecule has 3 aliphatic rings. The van der Waals surface area contributed by atoms with Crippen LogP contribution in [0.1, 0.15) is 5.56 Å². The van der Waals surface area contributed by atoms with E-state index in [0.717, 1.165) is 9.37 Å². The Hall–Kier alpha value is -3.38. The first-order valence-corrected chi connectivity index (χ1v) is 11.1. The Morgan fingerprint density at radius 3 is 2.81 bits per heavy atom. The number of anilines is 1. The molecule has 0 aliphatic carbocycles. The Morgan fingerprint density at radius 1 is 1.22 bits per heavy atom. The van der Waals surface area contributed by atoms with Gasteiger partial charge >= 0.3 is 0 Å². The summed E-state index contributed by atoms with van der Waals surface area (Å²) >= 11 is 4.89. The predicted molar refractivity (Wildman–Crippen MR) is 120 cm³/mol. The molecule has 2 aromatic carbocycles. The minimum absolute atomic E-state index is 0.0882. The van der Waals surface area contributed by atoms with Crippen molar-refractivity contribution in [1.29, 1.82) is 0 Å². The summed E-state index contributed by atoms with van der Waals surface area (Å²) in [7, 11) is 0. The van der Waals surface area contributed by atoms with Crippen LogP contribution in [-0.4, -0.2) is 31.2 Å². The zero-order valence-electron chi connectivity index (χ0n) is 16.4. The van der Waals surface area contributed by atoms with Crippen LogP contribution < -0.4 is 15.2 Å². The molecule has 2 aromatic rings. The van der Waals surface area contributed by atoms with Gasteiger partial charge in [0.2, 0.25) is 6.79 Å². The third-order valence-corrected chi connectivity index (χ3v) is 6.75. The van der Waals surface area contributed by atoms with Crippen molar-refractivity contribution in [2.45, 2.75) is 23.0 Å². The number of fused-ring (bicyclic) bond motifs is 2. The fraction of sp³-hybridized carbons (Fsp3) is 0.150. The number of nitro groups is 1. The molecule has 0 unspecified atom stereocenters. The van der Waals surface area contributed by atoms with Crippen molar-refractivity contribution in [3.63, 3.8) is 0 Å². The highest BCUT2D eigenvalue weighted by molar-refractivity contribution is 9.10. The van der Waals surface area contributed by atoms with E-state index in [-0.39, 0.29) is 23.2 Å². The van der Waals surface area contributed by atoms with E-state index in [1.165, 1.54) is 17.8 Å². The van der Waals surface area contributed by atoms with Crippen molar-refractivity contribution >= 4 is 39.2 Å². The summed E-state index contributed by atoms with van der Waals surface area (Å²) in [6.07, 6.45) is 2.01. The molecule has 0 aromatic heterocycles. The molecule has 0 saturated heterocycles. The van der Waals surface area contributed by atoms with Gasteiger partial charge in [-0.15, -0.1) is 0 Å². The van der Waals surface area contributed by atoms with Crippen molar-refractivity contribution < 1.29 is 14.4 Å². The maximum absolute atomic E-state index is 11.3. The van der Waals surface area contributed by atoms with Crippen molar-refractivity contribution in [3.8, 4) is 23.0 Å². The highest BCUT2D eigenvalue weighted by Crippen LogP contribution is 2.43. The molecule has 3 aliphatic heterocycles. The molecule has 0 saturated carbocycles. The lowest BCUT2D eigenvalue weighted by Crippen LogP contribution is -2.10. The van der Waals surface area contributed by atoms with E-state index in [1.54, 1.807) is 29.1 Å². The van der Waals surface area contributed by atoms with E-state index in [2.05, 4.69) is 30.9 Å². The summed E-state index contributed by atoms with van der Waals surface area (Å²) in [5.41, 5.74) is 7.24. The second kappa shape index (κ2) is 8.28. The van der Waals surface area contributed by atoms with E-state index in [0.29, 0.717) is 46.7 Å². The number of nitrogens with two attached hydrogens (primary N) is 1. The van der Waals surface area contributed by atoms with Gasteiger partial charge in [0.15, 0.2) is 34.0 Å². The molecule has 0 fully saturated rings. The number of aryl methyl sites for hydroxylation is 2. The van der Waals surface area contributed by atoms with Gasteiger partial charge in [0.05, 0.1) is 11.3 Å². The molecule has 3 heterocycles. The number of hydrogen-bond donors (Lipinski definition) is 1. The monoisotopic (exact) mass is 514 g/mol. The average molecular weight is 515 g/mol. The molecule has 12 heteroatoms. The number of nitro benzene ring substituents is 1. The Balaban J connectivity index is 1.43. The third-order valence-electron chi connectivity index (χ3n) is 4.91. The number of rotatable bonds is 6. The van der Waals surface area contributed by atoms with Gasteiger partial charge in [-0.1, -0.05) is 18.2 Å². The SMILES string of the molecule is Nc1ncn(CCc2ccccc2[N+](=O)[O-])c2nc(Sc3cc4c(cc3Br)OCO4)nc1-2. The number of hydrogen-bond acceptors (Lipinski definition) is 9. The van der Waals surface area contributed by atoms with Crippen LogP contribution in [0.3, 0.4) is 0 Å². The fourth-order valence-electron chi connectivity index (χ4n) is 3.36. The zero-order valence-corrected chi connectivity index (χ0v) is 18.8. The van der Waals surface area contributed by atoms with Crippen molar-refractivity contribution in [2.75, 3.05) is 12.5 Å². The number of aromatic nitrogens is 4. The van der Waals surface area contributed by atoms with Crippen LogP contribution in [0.5, 0.6) is 11.5 Å². The largest absolute Gasteiger partial charge is 0.454 e. The average Bonchev–Trinajstić information content (AvgIpc) is 3.41. The molecule has 0 radical (unpaired) electrons. The molecule has 0 amide bonds. The highest BCUT2D eigenvalue weighted by atomic mass is 79.9. The van der Waals surface area contributed by atoms with Gasteiger partial charge < -0.3 is 19.8 Å². The Bertz CT molecular complexity index is 1310. The van der Waals surface area contributed by atoms with E-state index in [1.807, 2.05) is 12.1 Å². The molecule has 0 atom stereocenters. The lowest BCUT2D eigenvalue weighted by molar-refractivity contribution is -0.385. The van der Waals surface area contributed by atoms with Crippen molar-refractivity contribution in [2.24, 2.45) is 0 Å². The van der Waals surface area contributed by atoms with E-state index >= 15 is 0 Å². The van der Waals surface area contributed by atoms with Crippen molar-refractivity contribution in [1.82, 2.24) is 19.5 Å². The van der Waals surface area contributed by atoms with Crippen LogP contribution in [0.15, 0.2) is 57.3 Å². The topological polar surface area (TPSA) is 131 Å². The van der Waals surface area contributed by atoms with Gasteiger partial charge in [-0.2, -0.15) is 0 Å². The molecule has 2 N–H and O–H groups in total. The quantitative estimate of drug-likeness (QED) is 0.297. The number of imidazole rings is 1. The summed E-state index contributed by atoms with van der Waals surface area (Å²) in [6, 6.07) is 10.4. The standard InChI is InChI=1S/C20H15BrN6O4S/c21-12-7-14-15(31-10-30-14)8-16(12)32-20-24-17-18(22)23-9-26(19(17)25-20)6-5-11-3-1-2-4-13(11)27(28)29/h1-4,7-9H,5-6,10,22H2. The first-order valence-electron chi connectivity index (χ1n) is 9.47. The van der Waals surface area contributed by atoms with Crippen LogP contribution in [0.4, 0.5) is 11.5 Å². The molecule has 10 nitrogen and oxygen atoms in total. The van der Waals surface area contributed by atoms with Gasteiger partial charge in [0, 0.05) is 27.5 Å². The predicted octanol–water partition coefficient (Wildman–Crippen LogP) is 4.15. The van der Waals surface area contributed by atoms with E-state index < -0.39 is 0 Å². The lowest BCUT2D eigenvalue weighted by atomic mass is 10.1. The smallest absolute Gasteiger partial charge is 0.272 e. The second-order valence-corrected chi connectivity index (χ2v) is 8.74. The van der Waals surface area contributed by atoms with Gasteiger partial charge in [0.25, 0.3) is 5.69 Å². The van der Waals surface area contributed by atoms with Crippen LogP contribution in [0, 0.1) is 10.1 Å². The number of nitrogens with zero attached hydrogens (tertiary/aromatic N) is 5. The van der Waals surface area contributed by atoms with Gasteiger partial charge in [-0.3, -0.25) is 10.1 Å². The highest BCUT2D eigenvalue weighted by Gasteiger charge is 2.22. The molecule has 5 rings (SSSR count). The molecule has 0 spiro atoms. The molecule has 162 valence electrons. The summed E-state index contributed by atoms with van der Waals surface area (Å²) in [4.78, 5) is 25.2. The number of benzene rings is 2. The zero-order chi connectivity index (χ0) is 22.2. The van der Waals surface area contributed by atoms with Crippen molar-refractivity contribution in [3.05, 3.63) is 62.9 Å². The normalized spacial score (nSPS) is 12.4. The third kappa shape index (κ3) is 3.82. The minimum atomic E-state index is -0.378. The number of halogens is 1. The molecular formula is C20H15BrN6O4S. The lowest BCUT2D eigenvalue weighted by Gasteiger charge is -2.11. The van der Waals surface area contributed by atoms with Crippen LogP contribution >= 0.6 is 27.7 Å². The molecule has 32 heavy (non-hydrogen) atoms. The van der Waals surface area contributed by atoms with Crippen LogP contribution in [0.2, 0.25) is 0 Å². The first-order chi connectivity index (χ1) is 15.5. The van der Waals surface area contributed by atoms with E-state index in [4.69, 9.17) is 15.2 Å². The molecular weight excluding hydrogens is 500 g/mol. The maximum atomic E-state index is 11.3. The summed E-state index contributed by atoms with van der Waals surface area (Å²) in [6.45, 7) is 0.625. The number of para-hydroxylation sites is 1. The van der Waals surface area contributed by atoms with Crippen LogP contribution in [0.25, 0.3) is 11.5 Å². The Morgan fingerprint density at radius 2 is 2.00 bits per heavy atom. The Labute approximate surface area is 194 Å². The van der Waals surface area contributed by atoms with E-state index in [9.17, 15) is 10.1 Å². The minimum Gasteiger partial charge on any atom is -0.454 e. The maximum Gasteiger partial charge on any atom is 0.272 e. The summed E-state index contributed by atoms with van der Waals surface area (Å²) in [5, 5.41) is 11.8. The number of ether oxygens (including phenoxy) is 2. The molecule has 0 bridgehead atoms. The second-order valence-electron chi connectivity index (χ2n) is 6.88. The van der Waals surface area contributed by atoms with Gasteiger partial charge in [-0.25, -0.2) is 15.0 Å². The first kappa shape index (κ1) is 20.5. The summed E-state index contributed by atoms with van der Waals surface area (Å²) < 4.78 is 13.5. The fourth-order valence-corrected chi connectivity index (χ4v) is 4.71.